The molecule has 0 fully saturated rings. The molecule has 0 radical (unpaired) electrons. The highest BCUT2D eigenvalue weighted by molar-refractivity contribution is 7.81. The van der Waals surface area contributed by atoms with E-state index in [0.29, 0.717) is 0 Å². The summed E-state index contributed by atoms with van der Waals surface area (Å²) in [6.45, 7) is 0. The second-order valence-corrected chi connectivity index (χ2v) is 3.01. The van der Waals surface area contributed by atoms with Gasteiger partial charge in [-0.15, -0.1) is 0 Å². The van der Waals surface area contributed by atoms with Gasteiger partial charge in [0.25, 0.3) is 0 Å². The molecule has 9 heteroatoms. The number of hydrogen-bond donors (Lipinski definition) is 3. The summed E-state index contributed by atoms with van der Waals surface area (Å²) in [4.78, 5) is 10.5. The minimum absolute atomic E-state index is 0. The molecule has 0 aliphatic rings. The Morgan fingerprint density at radius 1 is 1.67 bits per heavy atom. The van der Waals surface area contributed by atoms with Gasteiger partial charge in [0, 0.05) is 5.75 Å². The fourth-order valence-electron chi connectivity index (χ4n) is 0.240. The first-order valence-corrected chi connectivity index (χ1v) is 4.43. The Morgan fingerprint density at radius 2 is 2.08 bits per heavy atom. The highest BCUT2D eigenvalue weighted by Crippen LogP contribution is 1.92. The number of nitrogens with two attached hydrogens (primary N) is 1. The van der Waals surface area contributed by atoms with Gasteiger partial charge in [-0.2, -0.15) is 21.0 Å². The topological polar surface area (TPSA) is 138 Å². The first-order chi connectivity index (χ1) is 4.87. The van der Waals surface area contributed by atoms with Crippen LogP contribution >= 0.6 is 12.6 Å². The van der Waals surface area contributed by atoms with Crippen molar-refractivity contribution in [1.29, 1.82) is 0 Å². The number of rotatable bonds is 3. The Hall–Kier alpha value is -0.350. The van der Waals surface area contributed by atoms with Crippen LogP contribution in [0, 0.1) is 0 Å². The Kier molecular flexibility index (Phi) is 6.29. The molecule has 0 aromatic rings. The van der Waals surface area contributed by atoms with Crippen molar-refractivity contribution in [2.75, 3.05) is 5.75 Å². The van der Waals surface area contributed by atoms with E-state index in [1.165, 1.54) is 0 Å². The van der Waals surface area contributed by atoms with E-state index in [0.717, 1.165) is 0 Å². The SMILES string of the molecule is N[C@H](CS)C(=O)OS(=O)(=O)O.O. The van der Waals surface area contributed by atoms with Gasteiger partial charge in [-0.05, 0) is 0 Å². The standard InChI is InChI=1S/C3H7NO5S2.H2O/c4-2(1-10)3(5)9-11(6,7)8;/h2,10H,1,4H2,(H,6,7,8);1H2/t2-;/m1./s1. The van der Waals surface area contributed by atoms with Gasteiger partial charge in [0.1, 0.15) is 6.04 Å². The lowest BCUT2D eigenvalue weighted by Crippen LogP contribution is -2.35. The van der Waals surface area contributed by atoms with E-state index in [1.54, 1.807) is 0 Å². The van der Waals surface area contributed by atoms with Crippen LogP contribution in [0.15, 0.2) is 0 Å². The van der Waals surface area contributed by atoms with Crippen LogP contribution in [-0.4, -0.2) is 36.2 Å². The molecule has 0 aliphatic carbocycles. The summed E-state index contributed by atoms with van der Waals surface area (Å²) in [5.41, 5.74) is 5.00. The van der Waals surface area contributed by atoms with Gasteiger partial charge in [0.15, 0.2) is 0 Å². The number of carbonyl (C=O) groups excluding carboxylic acids is 1. The van der Waals surface area contributed by atoms with Crippen LogP contribution < -0.4 is 5.73 Å². The maximum atomic E-state index is 10.5. The van der Waals surface area contributed by atoms with Crippen molar-refractivity contribution in [3.05, 3.63) is 0 Å². The molecular formula is C3H9NO6S2. The summed E-state index contributed by atoms with van der Waals surface area (Å²) < 4.78 is 31.3. The molecule has 0 aliphatic heterocycles. The monoisotopic (exact) mass is 219 g/mol. The predicted molar refractivity (Wildman–Crippen MR) is 43.1 cm³/mol. The van der Waals surface area contributed by atoms with Gasteiger partial charge in [-0.3, -0.25) is 4.55 Å². The fraction of sp³-hybridized carbons (Fsp3) is 0.667. The Bertz CT molecular complexity index is 235. The average molecular weight is 219 g/mol. The van der Waals surface area contributed by atoms with Gasteiger partial charge >= 0.3 is 16.4 Å². The molecule has 0 unspecified atom stereocenters. The number of thiol groups is 1. The van der Waals surface area contributed by atoms with Crippen LogP contribution in [0.2, 0.25) is 0 Å². The molecule has 7 nitrogen and oxygen atoms in total. The maximum absolute atomic E-state index is 10.5. The molecule has 0 saturated carbocycles. The van der Waals surface area contributed by atoms with Crippen LogP contribution in [0.3, 0.4) is 0 Å². The van der Waals surface area contributed by atoms with Crippen molar-refractivity contribution >= 4 is 29.0 Å². The van der Waals surface area contributed by atoms with E-state index >= 15 is 0 Å². The summed E-state index contributed by atoms with van der Waals surface area (Å²) in [6, 6.07) is -1.15. The summed E-state index contributed by atoms with van der Waals surface area (Å²) in [5, 5.41) is 0. The molecule has 5 N–H and O–H groups in total. The van der Waals surface area contributed by atoms with Crippen LogP contribution in [0.1, 0.15) is 0 Å². The Labute approximate surface area is 74.6 Å². The van der Waals surface area contributed by atoms with Crippen LogP contribution in [-0.2, 0) is 19.4 Å². The number of carbonyl (C=O) groups is 1. The molecule has 0 rings (SSSR count). The number of hydrogen-bond acceptors (Lipinski definition) is 6. The second-order valence-electron chi connectivity index (χ2n) is 1.62. The van der Waals surface area contributed by atoms with Crippen LogP contribution in [0.5, 0.6) is 0 Å². The first-order valence-electron chi connectivity index (χ1n) is 2.44. The van der Waals surface area contributed by atoms with Crippen molar-refractivity contribution in [3.63, 3.8) is 0 Å². The van der Waals surface area contributed by atoms with Crippen molar-refractivity contribution in [3.8, 4) is 0 Å². The molecule has 1 atom stereocenters. The minimum atomic E-state index is -4.74. The lowest BCUT2D eigenvalue weighted by Gasteiger charge is -2.04. The molecule has 0 amide bonds. The third kappa shape index (κ3) is 6.37. The van der Waals surface area contributed by atoms with Crippen molar-refractivity contribution in [1.82, 2.24) is 0 Å². The molecule has 0 bridgehead atoms. The minimum Gasteiger partial charge on any atom is -0.412 e. The molecule has 0 saturated heterocycles. The van der Waals surface area contributed by atoms with E-state index in [1.807, 2.05) is 0 Å². The zero-order chi connectivity index (χ0) is 9.07. The second kappa shape index (κ2) is 5.32. The van der Waals surface area contributed by atoms with Gasteiger partial charge in [0.2, 0.25) is 0 Å². The first kappa shape index (κ1) is 14.2. The Balaban J connectivity index is 0. The highest BCUT2D eigenvalue weighted by Gasteiger charge is 2.19. The predicted octanol–water partition coefficient (Wildman–Crippen LogP) is -2.24. The lowest BCUT2D eigenvalue weighted by molar-refractivity contribution is -0.135. The smallest absolute Gasteiger partial charge is 0.412 e. The van der Waals surface area contributed by atoms with Gasteiger partial charge in [0.05, 0.1) is 0 Å². The zero-order valence-corrected chi connectivity index (χ0v) is 7.51. The maximum Gasteiger partial charge on any atom is 0.449 e. The van der Waals surface area contributed by atoms with Crippen molar-refractivity contribution in [2.45, 2.75) is 6.04 Å². The summed E-state index contributed by atoms with van der Waals surface area (Å²) in [6.07, 6.45) is 0. The van der Waals surface area contributed by atoms with E-state index in [4.69, 9.17) is 10.3 Å². The van der Waals surface area contributed by atoms with Gasteiger partial charge in [-0.25, -0.2) is 4.79 Å². The van der Waals surface area contributed by atoms with E-state index in [9.17, 15) is 13.2 Å². The molecule has 74 valence electrons. The van der Waals surface area contributed by atoms with Crippen LogP contribution in [0.25, 0.3) is 0 Å². The van der Waals surface area contributed by atoms with Crippen LogP contribution in [0.4, 0.5) is 0 Å². The van der Waals surface area contributed by atoms with Gasteiger partial charge < -0.3 is 15.4 Å². The molecule has 0 spiro atoms. The van der Waals surface area contributed by atoms with Crippen molar-refractivity contribution in [2.24, 2.45) is 5.73 Å². The quantitative estimate of drug-likeness (QED) is 0.362. The normalized spacial score (nSPS) is 12.9. The molecule has 0 aromatic heterocycles. The zero-order valence-electron chi connectivity index (χ0n) is 5.80. The van der Waals surface area contributed by atoms with Crippen molar-refractivity contribution < 1.29 is 27.4 Å². The van der Waals surface area contributed by atoms with Gasteiger partial charge in [-0.1, -0.05) is 0 Å². The average Bonchev–Trinajstić information content (AvgIpc) is 1.82. The summed E-state index contributed by atoms with van der Waals surface area (Å²) in [7, 11) is -4.74. The van der Waals surface area contributed by atoms with E-state index in [2.05, 4.69) is 16.8 Å². The summed E-state index contributed by atoms with van der Waals surface area (Å²) in [5.74, 6) is -1.29. The third-order valence-corrected chi connectivity index (χ3v) is 1.46. The van der Waals surface area contributed by atoms with E-state index < -0.39 is 22.4 Å². The molecule has 12 heavy (non-hydrogen) atoms. The lowest BCUT2D eigenvalue weighted by atomic mass is 10.4. The summed E-state index contributed by atoms with van der Waals surface area (Å²) >= 11 is 3.60. The van der Waals surface area contributed by atoms with E-state index in [-0.39, 0.29) is 11.2 Å². The molecule has 0 aromatic carbocycles. The molecular weight excluding hydrogens is 210 g/mol. The largest absolute Gasteiger partial charge is 0.449 e. The fourth-order valence-corrected chi connectivity index (χ4v) is 0.720. The molecule has 0 heterocycles. The third-order valence-electron chi connectivity index (χ3n) is 0.687. The Morgan fingerprint density at radius 3 is 2.33 bits per heavy atom. The highest BCUT2D eigenvalue weighted by atomic mass is 32.3.